The summed E-state index contributed by atoms with van der Waals surface area (Å²) in [5.41, 5.74) is 6.17. The van der Waals surface area contributed by atoms with Crippen LogP contribution < -0.4 is 10.9 Å². The van der Waals surface area contributed by atoms with Crippen LogP contribution in [0.2, 0.25) is 0 Å². The topological polar surface area (TPSA) is 24.1 Å². The first-order chi connectivity index (χ1) is 4.27. The Hall–Kier alpha value is -0.0800. The Morgan fingerprint density at radius 1 is 1.22 bits per heavy atom. The van der Waals surface area contributed by atoms with E-state index in [0.29, 0.717) is 0 Å². The summed E-state index contributed by atoms with van der Waals surface area (Å²) in [4.78, 5) is 0. The predicted molar refractivity (Wildman–Crippen MR) is 41.1 cm³/mol. The molecule has 0 aliphatic rings. The zero-order valence-corrected chi connectivity index (χ0v) is 6.70. The summed E-state index contributed by atoms with van der Waals surface area (Å²) in [6, 6.07) is 0. The van der Waals surface area contributed by atoms with Gasteiger partial charge < -0.3 is 0 Å². The van der Waals surface area contributed by atoms with Gasteiger partial charge in [-0.25, -0.2) is 0 Å². The summed E-state index contributed by atoms with van der Waals surface area (Å²) in [5, 5.41) is 0. The fourth-order valence-corrected chi connectivity index (χ4v) is 0.574. The molecule has 0 aromatic heterocycles. The Kier molecular flexibility index (Phi) is 5.99. The molecule has 0 aromatic rings. The highest BCUT2D eigenvalue weighted by atomic mass is 15.3. The maximum absolute atomic E-state index is 3.12. The molecule has 0 amide bonds. The van der Waals surface area contributed by atoms with Crippen LogP contribution >= 0.6 is 0 Å². The van der Waals surface area contributed by atoms with Gasteiger partial charge in [0.15, 0.2) is 0 Å². The number of hydrazine groups is 1. The van der Waals surface area contributed by atoms with Crippen LogP contribution in [0.4, 0.5) is 0 Å². The van der Waals surface area contributed by atoms with Crippen LogP contribution in [0, 0.1) is 5.92 Å². The standard InChI is InChI=1S/C7H18N2/c1-4-8-9-6-5-7(2)3/h7-9H,4-6H2,1-3H3. The van der Waals surface area contributed by atoms with Crippen molar-refractivity contribution in [2.45, 2.75) is 27.2 Å². The molecule has 2 N–H and O–H groups in total. The first kappa shape index (κ1) is 8.92. The third kappa shape index (κ3) is 7.92. The van der Waals surface area contributed by atoms with Gasteiger partial charge in [0.1, 0.15) is 0 Å². The van der Waals surface area contributed by atoms with Crippen LogP contribution in [0.3, 0.4) is 0 Å². The number of hydrogen-bond acceptors (Lipinski definition) is 2. The monoisotopic (exact) mass is 130 g/mol. The van der Waals surface area contributed by atoms with Crippen molar-refractivity contribution in [1.29, 1.82) is 0 Å². The third-order valence-electron chi connectivity index (χ3n) is 1.15. The highest BCUT2D eigenvalue weighted by Crippen LogP contribution is 1.95. The van der Waals surface area contributed by atoms with Crippen molar-refractivity contribution in [1.82, 2.24) is 10.9 Å². The minimum atomic E-state index is 0.802. The van der Waals surface area contributed by atoms with E-state index in [4.69, 9.17) is 0 Å². The lowest BCUT2D eigenvalue weighted by atomic mass is 10.1. The Bertz CT molecular complexity index is 52.9. The second-order valence-corrected chi connectivity index (χ2v) is 2.64. The predicted octanol–water partition coefficient (Wildman–Crippen LogP) is 1.15. The van der Waals surface area contributed by atoms with Gasteiger partial charge in [0.2, 0.25) is 0 Å². The second kappa shape index (κ2) is 6.05. The second-order valence-electron chi connectivity index (χ2n) is 2.64. The van der Waals surface area contributed by atoms with Gasteiger partial charge in [0.25, 0.3) is 0 Å². The maximum atomic E-state index is 3.12. The molecule has 0 unspecified atom stereocenters. The minimum Gasteiger partial charge on any atom is -0.258 e. The van der Waals surface area contributed by atoms with Crippen molar-refractivity contribution < 1.29 is 0 Å². The number of rotatable bonds is 5. The molecule has 0 radical (unpaired) electrons. The number of hydrogen-bond donors (Lipinski definition) is 2. The van der Waals surface area contributed by atoms with E-state index in [0.717, 1.165) is 19.0 Å². The van der Waals surface area contributed by atoms with Gasteiger partial charge in [0.05, 0.1) is 0 Å². The van der Waals surface area contributed by atoms with Gasteiger partial charge in [-0.2, -0.15) is 0 Å². The Morgan fingerprint density at radius 3 is 2.33 bits per heavy atom. The summed E-state index contributed by atoms with van der Waals surface area (Å²) in [6.07, 6.45) is 1.24. The first-order valence-corrected chi connectivity index (χ1v) is 3.73. The van der Waals surface area contributed by atoms with E-state index in [1.54, 1.807) is 0 Å². The van der Waals surface area contributed by atoms with Gasteiger partial charge in [-0.05, 0) is 12.3 Å². The zero-order chi connectivity index (χ0) is 7.11. The molecule has 0 saturated heterocycles. The summed E-state index contributed by atoms with van der Waals surface area (Å²) in [6.45, 7) is 8.62. The van der Waals surface area contributed by atoms with Crippen molar-refractivity contribution in [3.05, 3.63) is 0 Å². The average Bonchev–Trinajstić information content (AvgIpc) is 1.80. The van der Waals surface area contributed by atoms with Crippen LogP contribution in [0.25, 0.3) is 0 Å². The molecule has 56 valence electrons. The van der Waals surface area contributed by atoms with Crippen molar-refractivity contribution in [2.24, 2.45) is 5.92 Å². The van der Waals surface area contributed by atoms with Gasteiger partial charge >= 0.3 is 0 Å². The number of nitrogens with one attached hydrogen (secondary N) is 2. The van der Waals surface area contributed by atoms with Gasteiger partial charge in [0, 0.05) is 13.1 Å². The molecule has 0 bridgehead atoms. The van der Waals surface area contributed by atoms with E-state index >= 15 is 0 Å². The molecular weight excluding hydrogens is 112 g/mol. The molecule has 0 saturated carbocycles. The molecule has 2 heteroatoms. The Labute approximate surface area is 58.0 Å². The van der Waals surface area contributed by atoms with E-state index in [9.17, 15) is 0 Å². The summed E-state index contributed by atoms with van der Waals surface area (Å²) in [5.74, 6) is 0.802. The Balaban J connectivity index is 2.75. The van der Waals surface area contributed by atoms with E-state index in [2.05, 4.69) is 31.6 Å². The molecule has 0 aromatic carbocycles. The van der Waals surface area contributed by atoms with Gasteiger partial charge in [-0.15, -0.1) is 0 Å². The van der Waals surface area contributed by atoms with Crippen molar-refractivity contribution in [3.8, 4) is 0 Å². The Morgan fingerprint density at radius 2 is 1.89 bits per heavy atom. The normalized spacial score (nSPS) is 10.7. The zero-order valence-electron chi connectivity index (χ0n) is 6.70. The summed E-state index contributed by atoms with van der Waals surface area (Å²) >= 11 is 0. The molecule has 9 heavy (non-hydrogen) atoms. The largest absolute Gasteiger partial charge is 0.258 e. The average molecular weight is 130 g/mol. The molecule has 0 rings (SSSR count). The molecule has 0 aliphatic heterocycles. The van der Waals surface area contributed by atoms with Crippen LogP contribution in [0.15, 0.2) is 0 Å². The minimum absolute atomic E-state index is 0.802. The molecule has 0 spiro atoms. The van der Waals surface area contributed by atoms with Crippen molar-refractivity contribution >= 4 is 0 Å². The summed E-state index contributed by atoms with van der Waals surface area (Å²) < 4.78 is 0. The van der Waals surface area contributed by atoms with Crippen molar-refractivity contribution in [2.75, 3.05) is 13.1 Å². The first-order valence-electron chi connectivity index (χ1n) is 3.73. The fraction of sp³-hybridized carbons (Fsp3) is 1.00. The van der Waals surface area contributed by atoms with Crippen LogP contribution in [0.5, 0.6) is 0 Å². The smallest absolute Gasteiger partial charge is 0.0102 e. The van der Waals surface area contributed by atoms with Crippen LogP contribution in [-0.2, 0) is 0 Å². The molecule has 2 nitrogen and oxygen atoms in total. The van der Waals surface area contributed by atoms with Gasteiger partial charge in [-0.3, -0.25) is 10.9 Å². The van der Waals surface area contributed by atoms with E-state index in [1.807, 2.05) is 0 Å². The molecule has 0 heterocycles. The van der Waals surface area contributed by atoms with E-state index in [-0.39, 0.29) is 0 Å². The molecular formula is C7H18N2. The quantitative estimate of drug-likeness (QED) is 0.431. The fourth-order valence-electron chi connectivity index (χ4n) is 0.574. The lowest BCUT2D eigenvalue weighted by Crippen LogP contribution is -2.32. The highest BCUT2D eigenvalue weighted by molar-refractivity contribution is 4.46. The lowest BCUT2D eigenvalue weighted by molar-refractivity contribution is 0.484. The summed E-state index contributed by atoms with van der Waals surface area (Å²) in [7, 11) is 0. The van der Waals surface area contributed by atoms with Gasteiger partial charge in [-0.1, -0.05) is 20.8 Å². The highest BCUT2D eigenvalue weighted by Gasteiger charge is 1.90. The molecule has 0 aliphatic carbocycles. The molecule has 0 fully saturated rings. The van der Waals surface area contributed by atoms with E-state index in [1.165, 1.54) is 6.42 Å². The lowest BCUT2D eigenvalue weighted by Gasteiger charge is -2.05. The SMILES string of the molecule is CCNNCCC(C)C. The van der Waals surface area contributed by atoms with Crippen molar-refractivity contribution in [3.63, 3.8) is 0 Å². The van der Waals surface area contributed by atoms with E-state index < -0.39 is 0 Å². The van der Waals surface area contributed by atoms with Crippen LogP contribution in [0.1, 0.15) is 27.2 Å². The molecule has 0 atom stereocenters. The van der Waals surface area contributed by atoms with Crippen LogP contribution in [-0.4, -0.2) is 13.1 Å². The third-order valence-corrected chi connectivity index (χ3v) is 1.15. The maximum Gasteiger partial charge on any atom is 0.0102 e.